The molecule has 1 N–H and O–H groups in total. The smallest absolute Gasteiger partial charge is 0.267 e. The van der Waals surface area contributed by atoms with Crippen LogP contribution in [0.5, 0.6) is 5.75 Å². The molecule has 5 heteroatoms. The van der Waals surface area contributed by atoms with E-state index in [4.69, 9.17) is 4.74 Å². The van der Waals surface area contributed by atoms with Crippen molar-refractivity contribution in [3.63, 3.8) is 0 Å². The van der Waals surface area contributed by atoms with Gasteiger partial charge in [-0.25, -0.2) is 8.78 Å². The third kappa shape index (κ3) is 4.02. The lowest BCUT2D eigenvalue weighted by Gasteiger charge is -2.25. The topological polar surface area (TPSA) is 38.3 Å². The number of nitrogens with one attached hydrogen (secondary N) is 1. The largest absolute Gasteiger partial charge is 0.478 e. The van der Waals surface area contributed by atoms with Crippen molar-refractivity contribution in [1.82, 2.24) is 0 Å². The monoisotopic (exact) mass is 291 g/mol. The Labute approximate surface area is 121 Å². The Bertz CT molecular complexity index is 639. The molecule has 0 unspecified atom stereocenters. The van der Waals surface area contributed by atoms with Crippen LogP contribution in [-0.4, -0.2) is 11.5 Å². The summed E-state index contributed by atoms with van der Waals surface area (Å²) in [7, 11) is 0. The molecule has 110 valence electrons. The maximum atomic E-state index is 13.1. The summed E-state index contributed by atoms with van der Waals surface area (Å²) in [6.07, 6.45) is 0. The van der Waals surface area contributed by atoms with Crippen LogP contribution >= 0.6 is 0 Å². The second-order valence-electron chi connectivity index (χ2n) is 5.03. The highest BCUT2D eigenvalue weighted by Crippen LogP contribution is 2.20. The van der Waals surface area contributed by atoms with Crippen LogP contribution in [0.3, 0.4) is 0 Å². The summed E-state index contributed by atoms with van der Waals surface area (Å²) in [4.78, 5) is 12.2. The minimum atomic E-state index is -1.19. The number of hydrogen-bond acceptors (Lipinski definition) is 2. The van der Waals surface area contributed by atoms with Gasteiger partial charge in [-0.2, -0.15) is 0 Å². The second-order valence-corrected chi connectivity index (χ2v) is 5.03. The van der Waals surface area contributed by atoms with E-state index in [1.54, 1.807) is 19.9 Å². The number of hydrogen-bond donors (Lipinski definition) is 1. The van der Waals surface area contributed by atoms with Crippen LogP contribution < -0.4 is 10.1 Å². The van der Waals surface area contributed by atoms with Crippen LogP contribution in [0.15, 0.2) is 48.5 Å². The lowest BCUT2D eigenvalue weighted by Crippen LogP contribution is -2.42. The molecule has 2 rings (SSSR count). The van der Waals surface area contributed by atoms with Crippen molar-refractivity contribution in [2.75, 3.05) is 5.32 Å². The van der Waals surface area contributed by atoms with Crippen molar-refractivity contribution in [3.05, 3.63) is 60.2 Å². The fourth-order valence-electron chi connectivity index (χ4n) is 1.69. The van der Waals surface area contributed by atoms with Gasteiger partial charge in [-0.05, 0) is 56.3 Å². The van der Waals surface area contributed by atoms with Crippen LogP contribution in [-0.2, 0) is 4.79 Å². The molecule has 0 saturated heterocycles. The molecule has 0 aliphatic rings. The van der Waals surface area contributed by atoms with Crippen molar-refractivity contribution in [3.8, 4) is 5.75 Å². The van der Waals surface area contributed by atoms with Crippen molar-refractivity contribution < 1.29 is 18.3 Å². The zero-order valence-corrected chi connectivity index (χ0v) is 11.7. The van der Waals surface area contributed by atoms with Crippen molar-refractivity contribution in [2.45, 2.75) is 19.4 Å². The number of rotatable bonds is 4. The number of carbonyl (C=O) groups excluding carboxylic acids is 1. The molecule has 3 nitrogen and oxygen atoms in total. The van der Waals surface area contributed by atoms with Gasteiger partial charge in [-0.1, -0.05) is 6.07 Å². The Balaban J connectivity index is 2.07. The van der Waals surface area contributed by atoms with E-state index in [0.717, 1.165) is 0 Å². The van der Waals surface area contributed by atoms with E-state index in [9.17, 15) is 13.6 Å². The molecule has 0 atom stereocenters. The second kappa shape index (κ2) is 5.91. The number of benzene rings is 2. The lowest BCUT2D eigenvalue weighted by molar-refractivity contribution is -0.128. The maximum Gasteiger partial charge on any atom is 0.267 e. The first kappa shape index (κ1) is 15.0. The fraction of sp³-hybridized carbons (Fsp3) is 0.188. The van der Waals surface area contributed by atoms with Gasteiger partial charge in [0.2, 0.25) is 0 Å². The first-order valence-corrected chi connectivity index (χ1v) is 6.38. The molecule has 21 heavy (non-hydrogen) atoms. The minimum Gasteiger partial charge on any atom is -0.478 e. The fourth-order valence-corrected chi connectivity index (χ4v) is 1.69. The summed E-state index contributed by atoms with van der Waals surface area (Å²) in [6, 6.07) is 10.9. The molecule has 0 aliphatic heterocycles. The molecule has 2 aromatic rings. The normalized spacial score (nSPS) is 11.0. The van der Waals surface area contributed by atoms with E-state index >= 15 is 0 Å². The Morgan fingerprint density at radius 3 is 2.33 bits per heavy atom. The van der Waals surface area contributed by atoms with Crippen LogP contribution in [0.4, 0.5) is 14.5 Å². The van der Waals surface area contributed by atoms with Crippen molar-refractivity contribution in [1.29, 1.82) is 0 Å². The molecule has 0 heterocycles. The van der Waals surface area contributed by atoms with Gasteiger partial charge in [0.1, 0.15) is 17.4 Å². The van der Waals surface area contributed by atoms with Gasteiger partial charge in [0, 0.05) is 5.69 Å². The summed E-state index contributed by atoms with van der Waals surface area (Å²) in [5.74, 6) is -0.886. The first-order chi connectivity index (χ1) is 9.87. The zero-order chi connectivity index (χ0) is 15.5. The molecular weight excluding hydrogens is 276 g/mol. The molecule has 0 spiro atoms. The average molecular weight is 291 g/mol. The molecule has 0 aromatic heterocycles. The average Bonchev–Trinajstić information content (AvgIpc) is 2.41. The van der Waals surface area contributed by atoms with E-state index < -0.39 is 17.3 Å². The molecular formula is C16H15F2NO2. The summed E-state index contributed by atoms with van der Waals surface area (Å²) in [5, 5.41) is 2.58. The van der Waals surface area contributed by atoms with Gasteiger partial charge in [0.15, 0.2) is 5.60 Å². The van der Waals surface area contributed by atoms with Crippen LogP contribution in [0, 0.1) is 11.6 Å². The minimum absolute atomic E-state index is 0.343. The van der Waals surface area contributed by atoms with Crippen LogP contribution in [0.25, 0.3) is 0 Å². The van der Waals surface area contributed by atoms with E-state index in [0.29, 0.717) is 11.4 Å². The predicted molar refractivity (Wildman–Crippen MR) is 76.1 cm³/mol. The summed E-state index contributed by atoms with van der Waals surface area (Å²) < 4.78 is 31.5. The van der Waals surface area contributed by atoms with Crippen molar-refractivity contribution >= 4 is 11.6 Å². The standard InChI is InChI=1S/C16H15F2NO2/c1-16(2,21-14-8-6-11(17)7-9-14)15(20)19-13-5-3-4-12(18)10-13/h3-10H,1-2H3,(H,19,20). The van der Waals surface area contributed by atoms with Gasteiger partial charge < -0.3 is 10.1 Å². The summed E-state index contributed by atoms with van der Waals surface area (Å²) in [6.45, 7) is 3.15. The lowest BCUT2D eigenvalue weighted by atomic mass is 10.1. The van der Waals surface area contributed by atoms with Gasteiger partial charge in [0.05, 0.1) is 0 Å². The number of halogens is 2. The maximum absolute atomic E-state index is 13.1. The van der Waals surface area contributed by atoms with Gasteiger partial charge >= 0.3 is 0 Å². The SMILES string of the molecule is CC(C)(Oc1ccc(F)cc1)C(=O)Nc1cccc(F)c1. The predicted octanol–water partition coefficient (Wildman–Crippen LogP) is 3.76. The summed E-state index contributed by atoms with van der Waals surface area (Å²) in [5.41, 5.74) is -0.847. The molecule has 1 amide bonds. The van der Waals surface area contributed by atoms with E-state index in [-0.39, 0.29) is 5.82 Å². The van der Waals surface area contributed by atoms with Crippen LogP contribution in [0.1, 0.15) is 13.8 Å². The molecule has 0 fully saturated rings. The van der Waals surface area contributed by atoms with Gasteiger partial charge in [-0.15, -0.1) is 0 Å². The molecule has 0 aliphatic carbocycles. The zero-order valence-electron chi connectivity index (χ0n) is 11.7. The number of amides is 1. The Hall–Kier alpha value is -2.43. The quantitative estimate of drug-likeness (QED) is 0.931. The number of ether oxygens (including phenoxy) is 1. The highest BCUT2D eigenvalue weighted by molar-refractivity contribution is 5.96. The van der Waals surface area contributed by atoms with Gasteiger partial charge in [0.25, 0.3) is 5.91 Å². The number of carbonyl (C=O) groups is 1. The Kier molecular flexibility index (Phi) is 4.21. The highest BCUT2D eigenvalue weighted by atomic mass is 19.1. The molecule has 0 saturated carbocycles. The van der Waals surface area contributed by atoms with E-state index in [1.165, 1.54) is 42.5 Å². The Morgan fingerprint density at radius 1 is 1.05 bits per heavy atom. The highest BCUT2D eigenvalue weighted by Gasteiger charge is 2.30. The third-order valence-electron chi connectivity index (χ3n) is 2.82. The molecule has 0 radical (unpaired) electrons. The third-order valence-corrected chi connectivity index (χ3v) is 2.82. The number of anilines is 1. The Morgan fingerprint density at radius 2 is 1.71 bits per heavy atom. The first-order valence-electron chi connectivity index (χ1n) is 6.38. The van der Waals surface area contributed by atoms with Gasteiger partial charge in [-0.3, -0.25) is 4.79 Å². The van der Waals surface area contributed by atoms with E-state index in [2.05, 4.69) is 5.32 Å². The van der Waals surface area contributed by atoms with E-state index in [1.807, 2.05) is 0 Å². The summed E-state index contributed by atoms with van der Waals surface area (Å²) >= 11 is 0. The molecule has 0 bridgehead atoms. The molecule has 2 aromatic carbocycles. The van der Waals surface area contributed by atoms with Crippen LogP contribution in [0.2, 0.25) is 0 Å². The van der Waals surface area contributed by atoms with Crippen molar-refractivity contribution in [2.24, 2.45) is 0 Å².